The van der Waals surface area contributed by atoms with E-state index in [9.17, 15) is 0 Å². The molecule has 0 saturated carbocycles. The van der Waals surface area contributed by atoms with E-state index in [1.54, 1.807) is 0 Å². The van der Waals surface area contributed by atoms with Gasteiger partial charge >= 0.3 is 0 Å². The predicted octanol–water partition coefficient (Wildman–Crippen LogP) is 4.08. The third-order valence-electron chi connectivity index (χ3n) is 6.04. The SMILES string of the molecule is C[C@@H](NCCN1CCCCC1)c1ccc(OCCCN2CCCCC2)cc1. The molecule has 1 atom stereocenters. The zero-order valence-corrected chi connectivity index (χ0v) is 17.3. The Balaban J connectivity index is 1.30. The van der Waals surface area contributed by atoms with Crippen molar-refractivity contribution >= 4 is 0 Å². The summed E-state index contributed by atoms with van der Waals surface area (Å²) in [5.41, 5.74) is 1.34. The number of nitrogens with one attached hydrogen (secondary N) is 1. The van der Waals surface area contributed by atoms with Gasteiger partial charge in [-0.15, -0.1) is 0 Å². The standard InChI is InChI=1S/C23H39N3O/c1-21(24-13-19-26-16-6-3-7-17-26)22-9-11-23(12-10-22)27-20-8-18-25-14-4-2-5-15-25/h9-12,21,24H,2-8,13-20H2,1H3/t21-/m1/s1. The van der Waals surface area contributed by atoms with Gasteiger partial charge in [0.25, 0.3) is 0 Å². The molecule has 2 aliphatic heterocycles. The van der Waals surface area contributed by atoms with E-state index in [4.69, 9.17) is 4.74 Å². The largest absolute Gasteiger partial charge is 0.494 e. The van der Waals surface area contributed by atoms with Crippen LogP contribution < -0.4 is 10.1 Å². The van der Waals surface area contributed by atoms with E-state index in [0.717, 1.165) is 25.3 Å². The van der Waals surface area contributed by atoms with Crippen LogP contribution in [-0.2, 0) is 0 Å². The summed E-state index contributed by atoms with van der Waals surface area (Å²) in [4.78, 5) is 5.16. The first-order valence-corrected chi connectivity index (χ1v) is 11.2. The van der Waals surface area contributed by atoms with E-state index in [1.165, 1.54) is 83.4 Å². The van der Waals surface area contributed by atoms with Gasteiger partial charge in [-0.1, -0.05) is 25.0 Å². The fourth-order valence-electron chi connectivity index (χ4n) is 4.25. The third kappa shape index (κ3) is 7.44. The van der Waals surface area contributed by atoms with Crippen molar-refractivity contribution in [3.05, 3.63) is 29.8 Å². The zero-order chi connectivity index (χ0) is 18.7. The first kappa shape index (κ1) is 20.6. The Hall–Kier alpha value is -1.10. The van der Waals surface area contributed by atoms with Crippen LogP contribution in [-0.4, -0.2) is 62.2 Å². The Morgan fingerprint density at radius 1 is 0.852 bits per heavy atom. The molecule has 0 bridgehead atoms. The van der Waals surface area contributed by atoms with E-state index in [0.29, 0.717) is 6.04 Å². The lowest BCUT2D eigenvalue weighted by molar-refractivity contribution is 0.205. The van der Waals surface area contributed by atoms with Gasteiger partial charge in [-0.05, 0) is 82.9 Å². The second kappa shape index (κ2) is 11.7. The Kier molecular flexibility index (Phi) is 8.92. The second-order valence-corrected chi connectivity index (χ2v) is 8.25. The van der Waals surface area contributed by atoms with Crippen molar-refractivity contribution < 1.29 is 4.74 Å². The summed E-state index contributed by atoms with van der Waals surface area (Å²) in [5, 5.41) is 3.67. The van der Waals surface area contributed by atoms with Crippen LogP contribution in [0.2, 0.25) is 0 Å². The van der Waals surface area contributed by atoms with Gasteiger partial charge in [0.1, 0.15) is 5.75 Å². The minimum atomic E-state index is 0.392. The molecule has 0 radical (unpaired) electrons. The van der Waals surface area contributed by atoms with Crippen LogP contribution in [0.3, 0.4) is 0 Å². The molecule has 0 aliphatic carbocycles. The quantitative estimate of drug-likeness (QED) is 0.626. The van der Waals surface area contributed by atoms with Crippen molar-refractivity contribution in [3.8, 4) is 5.75 Å². The van der Waals surface area contributed by atoms with Gasteiger partial charge in [0.2, 0.25) is 0 Å². The fraction of sp³-hybridized carbons (Fsp3) is 0.739. The monoisotopic (exact) mass is 373 g/mol. The van der Waals surface area contributed by atoms with Crippen LogP contribution in [0.25, 0.3) is 0 Å². The number of hydrogen-bond donors (Lipinski definition) is 1. The molecule has 0 unspecified atom stereocenters. The maximum atomic E-state index is 5.94. The van der Waals surface area contributed by atoms with Crippen molar-refractivity contribution in [3.63, 3.8) is 0 Å². The molecule has 2 fully saturated rings. The summed E-state index contributed by atoms with van der Waals surface area (Å²) in [6.45, 7) is 11.6. The topological polar surface area (TPSA) is 27.7 Å². The highest BCUT2D eigenvalue weighted by atomic mass is 16.5. The average Bonchev–Trinajstić information content (AvgIpc) is 2.73. The van der Waals surface area contributed by atoms with Gasteiger partial charge in [0, 0.05) is 25.7 Å². The van der Waals surface area contributed by atoms with Crippen molar-refractivity contribution in [2.45, 2.75) is 57.9 Å². The molecule has 152 valence electrons. The molecule has 0 amide bonds. The number of piperidine rings is 2. The molecule has 2 saturated heterocycles. The number of benzene rings is 1. The summed E-state index contributed by atoms with van der Waals surface area (Å²) in [5.74, 6) is 0.998. The van der Waals surface area contributed by atoms with Crippen LogP contribution >= 0.6 is 0 Å². The van der Waals surface area contributed by atoms with Gasteiger partial charge in [-0.2, -0.15) is 0 Å². The second-order valence-electron chi connectivity index (χ2n) is 8.25. The molecule has 1 aromatic carbocycles. The summed E-state index contributed by atoms with van der Waals surface area (Å²) in [6.07, 6.45) is 9.41. The molecule has 1 N–H and O–H groups in total. The van der Waals surface area contributed by atoms with Crippen molar-refractivity contribution in [2.24, 2.45) is 0 Å². The Bertz CT molecular complexity index is 507. The highest BCUT2D eigenvalue weighted by molar-refractivity contribution is 5.28. The molecule has 27 heavy (non-hydrogen) atoms. The van der Waals surface area contributed by atoms with Crippen LogP contribution in [0.1, 0.15) is 63.5 Å². The summed E-state index contributed by atoms with van der Waals surface area (Å²) < 4.78 is 5.94. The van der Waals surface area contributed by atoms with Gasteiger partial charge in [-0.25, -0.2) is 0 Å². The molecular weight excluding hydrogens is 334 g/mol. The molecule has 4 heteroatoms. The summed E-state index contributed by atoms with van der Waals surface area (Å²) >= 11 is 0. The lowest BCUT2D eigenvalue weighted by atomic mass is 10.1. The maximum absolute atomic E-state index is 5.94. The van der Waals surface area contributed by atoms with Crippen LogP contribution in [0.5, 0.6) is 5.75 Å². The minimum Gasteiger partial charge on any atom is -0.494 e. The fourth-order valence-corrected chi connectivity index (χ4v) is 4.25. The maximum Gasteiger partial charge on any atom is 0.119 e. The van der Waals surface area contributed by atoms with Gasteiger partial charge < -0.3 is 19.9 Å². The zero-order valence-electron chi connectivity index (χ0n) is 17.3. The molecule has 1 aromatic rings. The number of rotatable bonds is 10. The van der Waals surface area contributed by atoms with Crippen LogP contribution in [0.15, 0.2) is 24.3 Å². The normalized spacial score (nSPS) is 20.5. The molecular formula is C23H39N3O. The van der Waals surface area contributed by atoms with E-state index in [2.05, 4.69) is 46.3 Å². The average molecular weight is 374 g/mol. The van der Waals surface area contributed by atoms with Crippen molar-refractivity contribution in [1.82, 2.24) is 15.1 Å². The minimum absolute atomic E-state index is 0.392. The molecule has 3 rings (SSSR count). The Labute approximate surface area is 166 Å². The highest BCUT2D eigenvalue weighted by Crippen LogP contribution is 2.18. The van der Waals surface area contributed by atoms with Gasteiger partial charge in [-0.3, -0.25) is 0 Å². The number of likely N-dealkylation sites (tertiary alicyclic amines) is 2. The molecule has 0 aromatic heterocycles. The van der Waals surface area contributed by atoms with Gasteiger partial charge in [0.05, 0.1) is 6.61 Å². The summed E-state index contributed by atoms with van der Waals surface area (Å²) in [6, 6.07) is 9.05. The van der Waals surface area contributed by atoms with E-state index >= 15 is 0 Å². The molecule has 0 spiro atoms. The van der Waals surface area contributed by atoms with Crippen LogP contribution in [0, 0.1) is 0 Å². The van der Waals surface area contributed by atoms with Crippen molar-refractivity contribution in [1.29, 1.82) is 0 Å². The van der Waals surface area contributed by atoms with Crippen LogP contribution in [0.4, 0.5) is 0 Å². The first-order valence-electron chi connectivity index (χ1n) is 11.2. The molecule has 2 aliphatic rings. The molecule has 2 heterocycles. The predicted molar refractivity (Wildman–Crippen MR) is 114 cm³/mol. The smallest absolute Gasteiger partial charge is 0.119 e. The Morgan fingerprint density at radius 3 is 2.07 bits per heavy atom. The number of hydrogen-bond acceptors (Lipinski definition) is 4. The van der Waals surface area contributed by atoms with E-state index in [1.807, 2.05) is 0 Å². The van der Waals surface area contributed by atoms with Crippen molar-refractivity contribution in [2.75, 3.05) is 52.4 Å². The molecule has 4 nitrogen and oxygen atoms in total. The highest BCUT2D eigenvalue weighted by Gasteiger charge is 2.11. The lowest BCUT2D eigenvalue weighted by Crippen LogP contribution is -2.36. The van der Waals surface area contributed by atoms with Gasteiger partial charge in [0.15, 0.2) is 0 Å². The number of ether oxygens (including phenoxy) is 1. The third-order valence-corrected chi connectivity index (χ3v) is 6.04. The van der Waals surface area contributed by atoms with E-state index in [-0.39, 0.29) is 0 Å². The lowest BCUT2D eigenvalue weighted by Gasteiger charge is -2.27. The van der Waals surface area contributed by atoms with E-state index < -0.39 is 0 Å². The first-order chi connectivity index (χ1) is 13.3. The summed E-state index contributed by atoms with van der Waals surface area (Å²) in [7, 11) is 0. The number of nitrogens with zero attached hydrogens (tertiary/aromatic N) is 2. The Morgan fingerprint density at radius 2 is 1.44 bits per heavy atom.